The van der Waals surface area contributed by atoms with E-state index in [0.717, 1.165) is 27.8 Å². The van der Waals surface area contributed by atoms with E-state index in [-0.39, 0.29) is 5.75 Å². The van der Waals surface area contributed by atoms with Gasteiger partial charge in [-0.05, 0) is 37.6 Å². The fourth-order valence-electron chi connectivity index (χ4n) is 3.83. The normalized spacial score (nSPS) is 13.3. The first-order chi connectivity index (χ1) is 16.5. The molecule has 0 amide bonds. The minimum Gasteiger partial charge on any atom is -0.508 e. The van der Waals surface area contributed by atoms with Gasteiger partial charge >= 0.3 is 0 Å². The molecule has 0 saturated carbocycles. The van der Waals surface area contributed by atoms with Crippen LogP contribution in [0.2, 0.25) is 0 Å². The average Bonchev–Trinajstić information content (AvgIpc) is 2.98. The number of rotatable bonds is 5. The van der Waals surface area contributed by atoms with Crippen LogP contribution >= 0.6 is 0 Å². The number of aryl methyl sites for hydroxylation is 3. The number of hydrogen-bond donors (Lipinski definition) is 1. The summed E-state index contributed by atoms with van der Waals surface area (Å²) in [7, 11) is 1.85. The minimum absolute atomic E-state index is 0.147. The largest absolute Gasteiger partial charge is 0.508 e. The molecule has 4 aromatic rings. The number of phenolic OH excluding ortho intramolecular Hbond substituents is 1. The van der Waals surface area contributed by atoms with E-state index in [0.29, 0.717) is 35.2 Å². The Bertz CT molecular complexity index is 1480. The summed E-state index contributed by atoms with van der Waals surface area (Å²) in [6.45, 7) is 4.30. The Kier molecular flexibility index (Phi) is 5.55. The van der Waals surface area contributed by atoms with Crippen LogP contribution in [0.4, 0.5) is 0 Å². The highest BCUT2D eigenvalue weighted by Crippen LogP contribution is 2.27. The molecular formula is C26H23N5O3. The Morgan fingerprint density at radius 2 is 1.91 bits per heavy atom. The average molecular weight is 454 g/mol. The lowest BCUT2D eigenvalue weighted by molar-refractivity contribution is 0.268. The molecule has 0 saturated heterocycles. The summed E-state index contributed by atoms with van der Waals surface area (Å²) in [5.74, 6) is 0.828. The highest BCUT2D eigenvalue weighted by atomic mass is 16.6. The van der Waals surface area contributed by atoms with Crippen molar-refractivity contribution in [2.24, 2.45) is 17.2 Å². The molecule has 0 bridgehead atoms. The van der Waals surface area contributed by atoms with Crippen molar-refractivity contribution >= 4 is 22.6 Å². The van der Waals surface area contributed by atoms with Crippen molar-refractivity contribution in [3.05, 3.63) is 94.9 Å². The maximum Gasteiger partial charge on any atom is 0.227 e. The second-order valence-electron chi connectivity index (χ2n) is 8.07. The van der Waals surface area contributed by atoms with Crippen LogP contribution in [-0.2, 0) is 18.5 Å². The third kappa shape index (κ3) is 4.25. The van der Waals surface area contributed by atoms with Crippen molar-refractivity contribution in [3.8, 4) is 11.6 Å². The van der Waals surface area contributed by atoms with Crippen LogP contribution in [0.3, 0.4) is 0 Å². The van der Waals surface area contributed by atoms with Crippen LogP contribution in [0.25, 0.3) is 11.0 Å². The maximum absolute atomic E-state index is 9.91. The van der Waals surface area contributed by atoms with Gasteiger partial charge in [0.05, 0.1) is 17.0 Å². The Morgan fingerprint density at radius 1 is 1.06 bits per heavy atom. The van der Waals surface area contributed by atoms with Gasteiger partial charge in [-0.1, -0.05) is 47.1 Å². The molecule has 0 unspecified atom stereocenters. The lowest BCUT2D eigenvalue weighted by Crippen LogP contribution is -2.09. The van der Waals surface area contributed by atoms with E-state index in [1.807, 2.05) is 51.2 Å². The summed E-state index contributed by atoms with van der Waals surface area (Å²) < 4.78 is 7.91. The van der Waals surface area contributed by atoms with Crippen molar-refractivity contribution in [2.45, 2.75) is 20.5 Å². The summed E-state index contributed by atoms with van der Waals surface area (Å²) in [6, 6.07) is 16.9. The molecule has 1 aliphatic heterocycles. The van der Waals surface area contributed by atoms with Gasteiger partial charge < -0.3 is 14.7 Å². The van der Waals surface area contributed by atoms with Crippen LogP contribution in [0.1, 0.15) is 27.9 Å². The number of allylic oxidation sites excluding steroid dienone is 1. The van der Waals surface area contributed by atoms with Gasteiger partial charge in [0, 0.05) is 24.1 Å². The lowest BCUT2D eigenvalue weighted by atomic mass is 10.1. The molecule has 3 heterocycles. The summed E-state index contributed by atoms with van der Waals surface area (Å²) in [4.78, 5) is 14.8. The van der Waals surface area contributed by atoms with Crippen molar-refractivity contribution in [1.29, 1.82) is 0 Å². The molecule has 34 heavy (non-hydrogen) atoms. The minimum atomic E-state index is 0.147. The molecule has 1 aliphatic rings. The predicted octanol–water partition coefficient (Wildman–Crippen LogP) is 4.56. The van der Waals surface area contributed by atoms with E-state index in [1.54, 1.807) is 29.0 Å². The number of phenols is 1. The van der Waals surface area contributed by atoms with Crippen LogP contribution in [0, 0.1) is 13.8 Å². The Balaban J connectivity index is 1.60. The van der Waals surface area contributed by atoms with Gasteiger partial charge in [0.15, 0.2) is 5.65 Å². The summed E-state index contributed by atoms with van der Waals surface area (Å²) in [5, 5.41) is 19.5. The first-order valence-corrected chi connectivity index (χ1v) is 10.8. The number of hydrogen-bond acceptors (Lipinski definition) is 7. The third-order valence-electron chi connectivity index (χ3n) is 5.46. The SMILES string of the molecule is Cc1cccc(COc2nc3c(cc2C2=NOC=CC(c4cccc(O)c4)=N2)c(C)nn3C)c1. The van der Waals surface area contributed by atoms with Gasteiger partial charge in [0.1, 0.15) is 18.6 Å². The van der Waals surface area contributed by atoms with E-state index in [2.05, 4.69) is 16.3 Å². The van der Waals surface area contributed by atoms with Gasteiger partial charge in [0.25, 0.3) is 0 Å². The number of nitrogens with zero attached hydrogens (tertiary/aromatic N) is 5. The Hall–Kier alpha value is -4.46. The summed E-state index contributed by atoms with van der Waals surface area (Å²) in [5.41, 5.74) is 5.60. The number of aromatic hydroxyl groups is 1. The Labute approximate surface area is 196 Å². The monoisotopic (exact) mass is 453 g/mol. The smallest absolute Gasteiger partial charge is 0.227 e. The fraction of sp³-hybridized carbons (Fsp3) is 0.154. The zero-order valence-electron chi connectivity index (χ0n) is 19.1. The number of aromatic nitrogens is 3. The highest BCUT2D eigenvalue weighted by molar-refractivity contribution is 6.18. The number of pyridine rings is 1. The number of aliphatic imine (C=N–C) groups is 1. The number of ether oxygens (including phenoxy) is 1. The third-order valence-corrected chi connectivity index (χ3v) is 5.46. The van der Waals surface area contributed by atoms with Crippen LogP contribution < -0.4 is 4.74 Å². The zero-order valence-corrected chi connectivity index (χ0v) is 19.1. The standard InChI is InChI=1S/C26H23N5O3/c1-16-6-4-7-18(12-16)15-33-26-22(14-21-17(2)29-31(3)25(21)28-26)24-27-23(10-11-34-30-24)19-8-5-9-20(32)13-19/h4-14,32H,15H2,1-3H3. The lowest BCUT2D eigenvalue weighted by Gasteiger charge is -2.12. The highest BCUT2D eigenvalue weighted by Gasteiger charge is 2.20. The van der Waals surface area contributed by atoms with E-state index in [1.165, 1.54) is 6.26 Å². The second kappa shape index (κ2) is 8.82. The van der Waals surface area contributed by atoms with E-state index >= 15 is 0 Å². The Morgan fingerprint density at radius 3 is 2.74 bits per heavy atom. The second-order valence-corrected chi connectivity index (χ2v) is 8.07. The van der Waals surface area contributed by atoms with Gasteiger partial charge in [-0.2, -0.15) is 10.1 Å². The number of benzene rings is 2. The van der Waals surface area contributed by atoms with E-state index in [4.69, 9.17) is 19.6 Å². The van der Waals surface area contributed by atoms with Crippen LogP contribution in [0.15, 0.2) is 77.1 Å². The molecule has 8 nitrogen and oxygen atoms in total. The zero-order chi connectivity index (χ0) is 23.7. The predicted molar refractivity (Wildman–Crippen MR) is 130 cm³/mol. The first-order valence-electron chi connectivity index (χ1n) is 10.8. The van der Waals surface area contributed by atoms with Crippen molar-refractivity contribution in [2.75, 3.05) is 0 Å². The molecular weight excluding hydrogens is 430 g/mol. The number of fused-ring (bicyclic) bond motifs is 1. The first kappa shape index (κ1) is 21.4. The van der Waals surface area contributed by atoms with E-state index < -0.39 is 0 Å². The molecule has 0 radical (unpaired) electrons. The van der Waals surface area contributed by atoms with Gasteiger partial charge in [0.2, 0.25) is 11.7 Å². The van der Waals surface area contributed by atoms with Crippen molar-refractivity contribution < 1.29 is 14.7 Å². The van der Waals surface area contributed by atoms with Crippen LogP contribution in [-0.4, -0.2) is 31.4 Å². The molecule has 1 N–H and O–H groups in total. The molecule has 0 spiro atoms. The molecule has 2 aromatic heterocycles. The summed E-state index contributed by atoms with van der Waals surface area (Å²) >= 11 is 0. The topological polar surface area (TPSA) is 94.1 Å². The van der Waals surface area contributed by atoms with Crippen molar-refractivity contribution in [1.82, 2.24) is 14.8 Å². The van der Waals surface area contributed by atoms with Gasteiger partial charge in [-0.3, -0.25) is 4.68 Å². The molecule has 0 fully saturated rings. The molecule has 170 valence electrons. The fourth-order valence-corrected chi connectivity index (χ4v) is 3.83. The quantitative estimate of drug-likeness (QED) is 0.478. The molecule has 2 aromatic carbocycles. The van der Waals surface area contributed by atoms with Crippen molar-refractivity contribution in [3.63, 3.8) is 0 Å². The molecule has 0 aliphatic carbocycles. The number of amidine groups is 1. The number of oxime groups is 1. The van der Waals surface area contributed by atoms with Gasteiger partial charge in [-0.25, -0.2) is 4.99 Å². The summed E-state index contributed by atoms with van der Waals surface area (Å²) in [6.07, 6.45) is 3.14. The van der Waals surface area contributed by atoms with Gasteiger partial charge in [-0.15, -0.1) is 0 Å². The molecule has 5 rings (SSSR count). The van der Waals surface area contributed by atoms with E-state index in [9.17, 15) is 5.11 Å². The maximum atomic E-state index is 9.91. The van der Waals surface area contributed by atoms with Crippen LogP contribution in [0.5, 0.6) is 11.6 Å². The molecule has 0 atom stereocenters. The molecule has 8 heteroatoms.